The van der Waals surface area contributed by atoms with Gasteiger partial charge in [0.15, 0.2) is 0 Å². The molecule has 3 nitrogen and oxygen atoms in total. The highest BCUT2D eigenvalue weighted by Crippen LogP contribution is 2.32. The number of rotatable bonds is 9. The van der Waals surface area contributed by atoms with E-state index in [1.54, 1.807) is 19.1 Å². The first-order chi connectivity index (χ1) is 10.9. The minimum absolute atomic E-state index is 0.00730. The van der Waals surface area contributed by atoms with Crippen LogP contribution in [-0.4, -0.2) is 25.4 Å². The minimum Gasteiger partial charge on any atom is -0.494 e. The van der Waals surface area contributed by atoms with Crippen molar-refractivity contribution in [3.8, 4) is 5.75 Å². The summed E-state index contributed by atoms with van der Waals surface area (Å²) in [5.41, 5.74) is 0.385. The molecule has 0 spiro atoms. The average Bonchev–Trinajstić information content (AvgIpc) is 2.50. The van der Waals surface area contributed by atoms with Crippen LogP contribution < -0.4 is 4.74 Å². The second-order valence-corrected chi connectivity index (χ2v) is 5.26. The molecule has 23 heavy (non-hydrogen) atoms. The SMILES string of the molecule is CCCCC(CCOc1ccc(C(=O)OCC)cc1)C(F)(F)F. The molecule has 0 heterocycles. The summed E-state index contributed by atoms with van der Waals surface area (Å²) in [7, 11) is 0. The molecule has 1 rings (SSSR count). The monoisotopic (exact) mass is 332 g/mol. The van der Waals surface area contributed by atoms with Crippen molar-refractivity contribution in [1.82, 2.24) is 0 Å². The fraction of sp³-hybridized carbons (Fsp3) is 0.588. The maximum absolute atomic E-state index is 12.9. The second kappa shape index (κ2) is 9.43. The Hall–Kier alpha value is -1.72. The summed E-state index contributed by atoms with van der Waals surface area (Å²) < 4.78 is 48.8. The van der Waals surface area contributed by atoms with E-state index in [-0.39, 0.29) is 26.1 Å². The van der Waals surface area contributed by atoms with Crippen molar-refractivity contribution in [3.05, 3.63) is 29.8 Å². The highest BCUT2D eigenvalue weighted by Gasteiger charge is 2.38. The first kappa shape index (κ1) is 19.3. The summed E-state index contributed by atoms with van der Waals surface area (Å²) in [6, 6.07) is 6.18. The van der Waals surface area contributed by atoms with Gasteiger partial charge in [-0.2, -0.15) is 13.2 Å². The standard InChI is InChI=1S/C17H23F3O3/c1-3-5-6-14(17(18,19)20)11-12-23-15-9-7-13(8-10-15)16(21)22-4-2/h7-10,14H,3-6,11-12H2,1-2H3. The number of benzene rings is 1. The van der Waals surface area contributed by atoms with E-state index in [2.05, 4.69) is 0 Å². The van der Waals surface area contributed by atoms with Gasteiger partial charge >= 0.3 is 12.1 Å². The largest absolute Gasteiger partial charge is 0.494 e. The third-order valence-electron chi connectivity index (χ3n) is 3.47. The molecule has 1 atom stereocenters. The number of hydrogen-bond acceptors (Lipinski definition) is 3. The zero-order chi connectivity index (χ0) is 17.3. The summed E-state index contributed by atoms with van der Waals surface area (Å²) >= 11 is 0. The third kappa shape index (κ3) is 6.93. The lowest BCUT2D eigenvalue weighted by atomic mass is 9.98. The van der Waals surface area contributed by atoms with Gasteiger partial charge in [-0.3, -0.25) is 0 Å². The fourth-order valence-electron chi connectivity index (χ4n) is 2.14. The van der Waals surface area contributed by atoms with Crippen LogP contribution >= 0.6 is 0 Å². The Bertz CT molecular complexity index is 469. The number of hydrogen-bond donors (Lipinski definition) is 0. The molecule has 0 N–H and O–H groups in total. The molecule has 0 bridgehead atoms. The Morgan fingerprint density at radius 1 is 1.13 bits per heavy atom. The maximum Gasteiger partial charge on any atom is 0.391 e. The van der Waals surface area contributed by atoms with Crippen molar-refractivity contribution in [2.75, 3.05) is 13.2 Å². The van der Waals surface area contributed by atoms with E-state index < -0.39 is 18.1 Å². The number of carbonyl (C=O) groups excluding carboxylic acids is 1. The second-order valence-electron chi connectivity index (χ2n) is 5.26. The maximum atomic E-state index is 12.9. The Morgan fingerprint density at radius 3 is 2.30 bits per heavy atom. The van der Waals surface area contributed by atoms with E-state index in [1.165, 1.54) is 12.1 Å². The number of ether oxygens (including phenoxy) is 2. The van der Waals surface area contributed by atoms with Gasteiger partial charge in [-0.1, -0.05) is 19.8 Å². The first-order valence-corrected chi connectivity index (χ1v) is 7.85. The van der Waals surface area contributed by atoms with Crippen molar-refractivity contribution >= 4 is 5.97 Å². The van der Waals surface area contributed by atoms with E-state index in [0.717, 1.165) is 6.42 Å². The molecule has 0 fully saturated rings. The quantitative estimate of drug-likeness (QED) is 0.597. The molecule has 0 radical (unpaired) electrons. The van der Waals surface area contributed by atoms with E-state index in [4.69, 9.17) is 9.47 Å². The summed E-state index contributed by atoms with van der Waals surface area (Å²) in [5, 5.41) is 0. The number of esters is 1. The van der Waals surface area contributed by atoms with Crippen LogP contribution in [0.25, 0.3) is 0 Å². The molecule has 1 aromatic rings. The number of unbranched alkanes of at least 4 members (excludes halogenated alkanes) is 1. The third-order valence-corrected chi connectivity index (χ3v) is 3.47. The van der Waals surface area contributed by atoms with E-state index in [9.17, 15) is 18.0 Å². The Balaban J connectivity index is 2.49. The Kier molecular flexibility index (Phi) is 7.92. The van der Waals surface area contributed by atoms with Crippen LogP contribution in [0.4, 0.5) is 13.2 Å². The van der Waals surface area contributed by atoms with Gasteiger partial charge in [0.05, 0.1) is 24.7 Å². The van der Waals surface area contributed by atoms with E-state index in [1.807, 2.05) is 6.92 Å². The van der Waals surface area contributed by atoms with Gasteiger partial charge in [-0.15, -0.1) is 0 Å². The predicted octanol–water partition coefficient (Wildman–Crippen LogP) is 5.00. The Morgan fingerprint density at radius 2 is 1.78 bits per heavy atom. The van der Waals surface area contributed by atoms with Crippen molar-refractivity contribution in [2.45, 2.75) is 45.7 Å². The van der Waals surface area contributed by atoms with Gasteiger partial charge in [0.1, 0.15) is 5.75 Å². The van der Waals surface area contributed by atoms with E-state index >= 15 is 0 Å². The van der Waals surface area contributed by atoms with Gasteiger partial charge in [0.2, 0.25) is 0 Å². The smallest absolute Gasteiger partial charge is 0.391 e. The topological polar surface area (TPSA) is 35.5 Å². The molecule has 0 amide bonds. The van der Waals surface area contributed by atoms with Gasteiger partial charge in [-0.05, 0) is 44.0 Å². The highest BCUT2D eigenvalue weighted by molar-refractivity contribution is 5.89. The number of halogens is 3. The van der Waals surface area contributed by atoms with Gasteiger partial charge in [-0.25, -0.2) is 4.79 Å². The molecule has 0 aliphatic rings. The van der Waals surface area contributed by atoms with Gasteiger partial charge in [0.25, 0.3) is 0 Å². The van der Waals surface area contributed by atoms with Crippen molar-refractivity contribution in [3.63, 3.8) is 0 Å². The van der Waals surface area contributed by atoms with Crippen molar-refractivity contribution < 1.29 is 27.4 Å². The zero-order valence-electron chi connectivity index (χ0n) is 13.5. The summed E-state index contributed by atoms with van der Waals surface area (Å²) in [6.45, 7) is 3.86. The molecule has 0 aliphatic carbocycles. The molecular weight excluding hydrogens is 309 g/mol. The molecule has 6 heteroatoms. The first-order valence-electron chi connectivity index (χ1n) is 7.85. The Labute approximate surface area is 134 Å². The van der Waals surface area contributed by atoms with Crippen LogP contribution in [0, 0.1) is 5.92 Å². The van der Waals surface area contributed by atoms with Crippen LogP contribution in [0.2, 0.25) is 0 Å². The van der Waals surface area contributed by atoms with Crippen LogP contribution in [0.15, 0.2) is 24.3 Å². The highest BCUT2D eigenvalue weighted by atomic mass is 19.4. The lowest BCUT2D eigenvalue weighted by Crippen LogP contribution is -2.24. The normalized spacial score (nSPS) is 12.7. The van der Waals surface area contributed by atoms with E-state index in [0.29, 0.717) is 17.7 Å². The molecule has 130 valence electrons. The number of carbonyl (C=O) groups is 1. The minimum atomic E-state index is -4.19. The van der Waals surface area contributed by atoms with Crippen LogP contribution in [0.5, 0.6) is 5.75 Å². The summed E-state index contributed by atoms with van der Waals surface area (Å²) in [6.07, 6.45) is -2.83. The molecule has 0 aromatic heterocycles. The number of alkyl halides is 3. The molecular formula is C17H23F3O3. The lowest BCUT2D eigenvalue weighted by molar-refractivity contribution is -0.179. The van der Waals surface area contributed by atoms with Crippen molar-refractivity contribution in [2.24, 2.45) is 5.92 Å². The lowest BCUT2D eigenvalue weighted by Gasteiger charge is -2.20. The van der Waals surface area contributed by atoms with Crippen LogP contribution in [-0.2, 0) is 4.74 Å². The molecule has 0 saturated carbocycles. The molecule has 0 saturated heterocycles. The summed E-state index contributed by atoms with van der Waals surface area (Å²) in [5.74, 6) is -1.33. The zero-order valence-corrected chi connectivity index (χ0v) is 13.5. The summed E-state index contributed by atoms with van der Waals surface area (Å²) in [4.78, 5) is 11.5. The molecule has 1 unspecified atom stereocenters. The molecule has 0 aliphatic heterocycles. The van der Waals surface area contributed by atoms with Crippen molar-refractivity contribution in [1.29, 1.82) is 0 Å². The van der Waals surface area contributed by atoms with Crippen LogP contribution in [0.3, 0.4) is 0 Å². The fourth-order valence-corrected chi connectivity index (χ4v) is 2.14. The van der Waals surface area contributed by atoms with Crippen LogP contribution in [0.1, 0.15) is 49.9 Å². The van der Waals surface area contributed by atoms with Gasteiger partial charge < -0.3 is 9.47 Å². The molecule has 1 aromatic carbocycles. The van der Waals surface area contributed by atoms with Gasteiger partial charge in [0, 0.05) is 0 Å². The predicted molar refractivity (Wildman–Crippen MR) is 81.6 cm³/mol. The average molecular weight is 332 g/mol.